The van der Waals surface area contributed by atoms with Crippen molar-refractivity contribution in [3.63, 3.8) is 0 Å². The monoisotopic (exact) mass is 358 g/mol. The summed E-state index contributed by atoms with van der Waals surface area (Å²) in [6, 6.07) is 9.45. The van der Waals surface area contributed by atoms with Gasteiger partial charge < -0.3 is 10.2 Å². The molecule has 0 atom stereocenters. The number of rotatable bonds is 0. The normalized spacial score (nSPS) is 9.05. The van der Waals surface area contributed by atoms with Crippen LogP contribution in [0.1, 0.15) is 0 Å². The summed E-state index contributed by atoms with van der Waals surface area (Å²) in [7, 11) is 0. The summed E-state index contributed by atoms with van der Waals surface area (Å²) in [6.45, 7) is 0. The molecular formula is C12H10Cl4O2S. The molecule has 0 aliphatic rings. The fourth-order valence-corrected chi connectivity index (χ4v) is 1.58. The van der Waals surface area contributed by atoms with E-state index in [-0.39, 0.29) is 35.0 Å². The minimum absolute atomic E-state index is 0. The van der Waals surface area contributed by atoms with Gasteiger partial charge in [0.05, 0.1) is 10.0 Å². The van der Waals surface area contributed by atoms with Crippen LogP contribution >= 0.6 is 59.9 Å². The topological polar surface area (TPSA) is 40.5 Å². The van der Waals surface area contributed by atoms with Crippen molar-refractivity contribution in [1.29, 1.82) is 0 Å². The minimum atomic E-state index is 0. The Morgan fingerprint density at radius 3 is 1.16 bits per heavy atom. The fourth-order valence-electron chi connectivity index (χ4n) is 0.985. The van der Waals surface area contributed by atoms with Crippen LogP contribution in [0.15, 0.2) is 36.4 Å². The summed E-state index contributed by atoms with van der Waals surface area (Å²) < 4.78 is 0. The summed E-state index contributed by atoms with van der Waals surface area (Å²) in [6.07, 6.45) is 0. The molecule has 104 valence electrons. The van der Waals surface area contributed by atoms with Gasteiger partial charge in [-0.25, -0.2) is 0 Å². The number of phenolic OH excluding ortho intramolecular Hbond substituents is 2. The number of aromatic hydroxyl groups is 2. The van der Waals surface area contributed by atoms with Crippen LogP contribution in [-0.4, -0.2) is 10.2 Å². The third-order valence-electron chi connectivity index (χ3n) is 1.86. The molecule has 2 nitrogen and oxygen atoms in total. The average Bonchev–Trinajstić information content (AvgIpc) is 2.34. The molecule has 0 bridgehead atoms. The Bertz CT molecular complexity index is 459. The van der Waals surface area contributed by atoms with Gasteiger partial charge in [-0.3, -0.25) is 0 Å². The van der Waals surface area contributed by atoms with E-state index in [1.807, 2.05) is 0 Å². The summed E-state index contributed by atoms with van der Waals surface area (Å²) in [5.74, 6) is 0.0355. The van der Waals surface area contributed by atoms with E-state index in [4.69, 9.17) is 56.6 Å². The van der Waals surface area contributed by atoms with Gasteiger partial charge in [-0.2, -0.15) is 13.5 Å². The van der Waals surface area contributed by atoms with Gasteiger partial charge in [0.15, 0.2) is 0 Å². The van der Waals surface area contributed by atoms with Crippen LogP contribution in [-0.2, 0) is 0 Å². The standard InChI is InChI=1S/2C6H4Cl2O.H2S/c2*7-4-2-1-3-5(9)6(4)8;/h2*1-3,9H;1H2. The highest BCUT2D eigenvalue weighted by molar-refractivity contribution is 7.59. The number of hydrogen-bond donors (Lipinski definition) is 2. The lowest BCUT2D eigenvalue weighted by atomic mass is 10.3. The summed E-state index contributed by atoms with van der Waals surface area (Å²) in [5.41, 5.74) is 0. The van der Waals surface area contributed by atoms with E-state index < -0.39 is 0 Å². The van der Waals surface area contributed by atoms with Crippen molar-refractivity contribution in [2.75, 3.05) is 0 Å². The average molecular weight is 360 g/mol. The van der Waals surface area contributed by atoms with Crippen molar-refractivity contribution in [2.45, 2.75) is 0 Å². The van der Waals surface area contributed by atoms with Crippen molar-refractivity contribution in [3.05, 3.63) is 56.5 Å². The van der Waals surface area contributed by atoms with Crippen LogP contribution in [0.5, 0.6) is 11.5 Å². The third-order valence-corrected chi connectivity index (χ3v) is 3.48. The van der Waals surface area contributed by atoms with Gasteiger partial charge >= 0.3 is 0 Å². The number of hydrogen-bond acceptors (Lipinski definition) is 2. The molecule has 0 unspecified atom stereocenters. The first-order valence-electron chi connectivity index (χ1n) is 4.69. The zero-order valence-electron chi connectivity index (χ0n) is 9.37. The van der Waals surface area contributed by atoms with E-state index in [2.05, 4.69) is 0 Å². The zero-order valence-corrected chi connectivity index (χ0v) is 13.4. The van der Waals surface area contributed by atoms with Crippen molar-refractivity contribution in [2.24, 2.45) is 0 Å². The molecule has 2 N–H and O–H groups in total. The maximum absolute atomic E-state index is 8.88. The van der Waals surface area contributed by atoms with E-state index >= 15 is 0 Å². The third kappa shape index (κ3) is 5.59. The molecule has 2 aromatic carbocycles. The van der Waals surface area contributed by atoms with Crippen molar-refractivity contribution in [1.82, 2.24) is 0 Å². The Morgan fingerprint density at radius 2 is 0.947 bits per heavy atom. The summed E-state index contributed by atoms with van der Waals surface area (Å²) >= 11 is 22.0. The molecule has 0 saturated carbocycles. The van der Waals surface area contributed by atoms with Crippen LogP contribution in [0.3, 0.4) is 0 Å². The van der Waals surface area contributed by atoms with Gasteiger partial charge in [-0.05, 0) is 24.3 Å². The van der Waals surface area contributed by atoms with E-state index in [0.717, 1.165) is 0 Å². The van der Waals surface area contributed by atoms with Crippen molar-refractivity contribution in [3.8, 4) is 11.5 Å². The first-order valence-corrected chi connectivity index (χ1v) is 6.20. The zero-order chi connectivity index (χ0) is 13.7. The predicted octanol–water partition coefficient (Wildman–Crippen LogP) is 5.51. The fraction of sp³-hybridized carbons (Fsp3) is 0. The van der Waals surface area contributed by atoms with Gasteiger partial charge in [0.25, 0.3) is 0 Å². The number of phenols is 2. The maximum atomic E-state index is 8.88. The molecule has 0 saturated heterocycles. The van der Waals surface area contributed by atoms with Crippen LogP contribution in [0.4, 0.5) is 0 Å². The Morgan fingerprint density at radius 1 is 0.632 bits per heavy atom. The molecule has 0 heterocycles. The second-order valence-corrected chi connectivity index (χ2v) is 4.72. The molecule has 0 aliphatic heterocycles. The second-order valence-electron chi connectivity index (χ2n) is 3.15. The molecule has 2 rings (SSSR count). The molecular weight excluding hydrogens is 350 g/mol. The molecule has 0 radical (unpaired) electrons. The lowest BCUT2D eigenvalue weighted by Crippen LogP contribution is -1.67. The van der Waals surface area contributed by atoms with Gasteiger partial charge in [-0.1, -0.05) is 58.5 Å². The minimum Gasteiger partial charge on any atom is -0.506 e. The second kappa shape index (κ2) is 8.67. The SMILES string of the molecule is Oc1cccc(Cl)c1Cl.Oc1cccc(Cl)c1Cl.S. The molecule has 0 amide bonds. The molecule has 2 aromatic rings. The first-order chi connectivity index (χ1) is 8.43. The Kier molecular flexibility index (Phi) is 8.46. The smallest absolute Gasteiger partial charge is 0.135 e. The molecule has 0 spiro atoms. The van der Waals surface area contributed by atoms with E-state index in [9.17, 15) is 0 Å². The molecule has 7 heteroatoms. The van der Waals surface area contributed by atoms with E-state index in [0.29, 0.717) is 10.0 Å². The van der Waals surface area contributed by atoms with Crippen LogP contribution in [0.2, 0.25) is 20.1 Å². The van der Waals surface area contributed by atoms with Gasteiger partial charge in [0, 0.05) is 0 Å². The number of benzene rings is 2. The molecule has 0 aliphatic carbocycles. The Labute approximate surface area is 137 Å². The van der Waals surface area contributed by atoms with Gasteiger partial charge in [0.2, 0.25) is 0 Å². The highest BCUT2D eigenvalue weighted by atomic mass is 35.5. The van der Waals surface area contributed by atoms with Gasteiger partial charge in [-0.15, -0.1) is 0 Å². The van der Waals surface area contributed by atoms with Crippen LogP contribution in [0.25, 0.3) is 0 Å². The van der Waals surface area contributed by atoms with Crippen molar-refractivity contribution >= 4 is 59.9 Å². The van der Waals surface area contributed by atoms with E-state index in [1.54, 1.807) is 24.3 Å². The quantitative estimate of drug-likeness (QED) is 0.650. The predicted molar refractivity (Wildman–Crippen MR) is 86.6 cm³/mol. The van der Waals surface area contributed by atoms with Crippen LogP contribution in [0, 0.1) is 0 Å². The lowest BCUT2D eigenvalue weighted by molar-refractivity contribution is 0.475. The molecule has 19 heavy (non-hydrogen) atoms. The highest BCUT2D eigenvalue weighted by Crippen LogP contribution is 2.30. The molecule has 0 fully saturated rings. The lowest BCUT2D eigenvalue weighted by Gasteiger charge is -1.95. The van der Waals surface area contributed by atoms with Crippen molar-refractivity contribution < 1.29 is 10.2 Å². The number of halogens is 4. The Balaban J connectivity index is 0.000000324. The maximum Gasteiger partial charge on any atom is 0.135 e. The van der Waals surface area contributed by atoms with Crippen LogP contribution < -0.4 is 0 Å². The van der Waals surface area contributed by atoms with Gasteiger partial charge in [0.1, 0.15) is 21.5 Å². The highest BCUT2D eigenvalue weighted by Gasteiger charge is 2.00. The van der Waals surface area contributed by atoms with E-state index in [1.165, 1.54) is 12.1 Å². The summed E-state index contributed by atoms with van der Waals surface area (Å²) in [5, 5.41) is 18.9. The first kappa shape index (κ1) is 18.6. The summed E-state index contributed by atoms with van der Waals surface area (Å²) in [4.78, 5) is 0. The largest absolute Gasteiger partial charge is 0.506 e. The molecule has 0 aromatic heterocycles. The Hall–Kier alpha value is -0.450.